The van der Waals surface area contributed by atoms with Crippen molar-refractivity contribution in [1.82, 2.24) is 19.8 Å². The van der Waals surface area contributed by atoms with Gasteiger partial charge in [-0.3, -0.25) is 14.2 Å². The zero-order valence-corrected chi connectivity index (χ0v) is 19.4. The van der Waals surface area contributed by atoms with E-state index in [1.54, 1.807) is 37.1 Å². The molecule has 33 heavy (non-hydrogen) atoms. The van der Waals surface area contributed by atoms with Crippen LogP contribution >= 0.6 is 0 Å². The Morgan fingerprint density at radius 2 is 1.76 bits per heavy atom. The first-order valence-electron chi connectivity index (χ1n) is 11.1. The first kappa shape index (κ1) is 24.0. The van der Waals surface area contributed by atoms with E-state index in [9.17, 15) is 14.4 Å². The number of hydrogen-bond acceptors (Lipinski definition) is 5. The summed E-state index contributed by atoms with van der Waals surface area (Å²) in [5.74, 6) is -0.0299. The van der Waals surface area contributed by atoms with Gasteiger partial charge in [-0.05, 0) is 38.0 Å². The van der Waals surface area contributed by atoms with E-state index < -0.39 is 18.0 Å². The fourth-order valence-corrected chi connectivity index (χ4v) is 3.97. The third-order valence-electron chi connectivity index (χ3n) is 5.66. The summed E-state index contributed by atoms with van der Waals surface area (Å²) >= 11 is 0. The van der Waals surface area contributed by atoms with E-state index in [0.29, 0.717) is 23.1 Å². The second kappa shape index (κ2) is 10.8. The molecule has 3 aromatic rings. The molecule has 0 fully saturated rings. The van der Waals surface area contributed by atoms with Gasteiger partial charge in [-0.25, -0.2) is 9.78 Å². The van der Waals surface area contributed by atoms with E-state index >= 15 is 0 Å². The average molecular weight is 451 g/mol. The van der Waals surface area contributed by atoms with Crippen LogP contribution in [0.2, 0.25) is 0 Å². The lowest BCUT2D eigenvalue weighted by atomic mass is 10.0. The molecule has 2 unspecified atom stereocenters. The number of hydrogen-bond donors (Lipinski definition) is 1. The lowest BCUT2D eigenvalue weighted by molar-refractivity contribution is -0.141. The van der Waals surface area contributed by atoms with Crippen molar-refractivity contribution < 1.29 is 14.3 Å². The first-order valence-corrected chi connectivity index (χ1v) is 11.1. The number of rotatable bonds is 8. The van der Waals surface area contributed by atoms with Crippen LogP contribution in [0.1, 0.15) is 50.7 Å². The Hall–Kier alpha value is -3.68. The molecule has 8 nitrogen and oxygen atoms in total. The van der Waals surface area contributed by atoms with E-state index in [1.165, 1.54) is 4.57 Å². The number of fused-ring (bicyclic) bond motifs is 1. The summed E-state index contributed by atoms with van der Waals surface area (Å²) < 4.78 is 6.44. The molecule has 1 N–H and O–H groups in total. The third-order valence-corrected chi connectivity index (χ3v) is 5.66. The predicted octanol–water partition coefficient (Wildman–Crippen LogP) is 3.72. The van der Waals surface area contributed by atoms with Crippen LogP contribution in [0.3, 0.4) is 0 Å². The highest BCUT2D eigenvalue weighted by molar-refractivity contribution is 5.81. The number of carbonyl (C=O) groups is 2. The minimum atomic E-state index is -0.512. The number of carbonyl (C=O) groups excluding carboxylic acids is 2. The van der Waals surface area contributed by atoms with Crippen LogP contribution in [0.25, 0.3) is 10.9 Å². The van der Waals surface area contributed by atoms with Crippen molar-refractivity contribution in [2.24, 2.45) is 7.05 Å². The molecule has 2 amide bonds. The molecule has 0 bridgehead atoms. The second-order valence-corrected chi connectivity index (χ2v) is 7.73. The Labute approximate surface area is 193 Å². The number of benzene rings is 2. The topological polar surface area (TPSA) is 93.5 Å². The smallest absolute Gasteiger partial charge is 0.325 e. The van der Waals surface area contributed by atoms with Gasteiger partial charge < -0.3 is 15.0 Å². The highest BCUT2D eigenvalue weighted by atomic mass is 16.5. The maximum Gasteiger partial charge on any atom is 0.325 e. The summed E-state index contributed by atoms with van der Waals surface area (Å²) in [5, 5.41) is 3.19. The third kappa shape index (κ3) is 5.22. The minimum Gasteiger partial charge on any atom is -0.465 e. The van der Waals surface area contributed by atoms with Crippen molar-refractivity contribution in [3.05, 3.63) is 76.3 Å². The molecule has 0 spiro atoms. The van der Waals surface area contributed by atoms with Crippen LogP contribution in [0.5, 0.6) is 0 Å². The van der Waals surface area contributed by atoms with Gasteiger partial charge in [-0.15, -0.1) is 0 Å². The maximum atomic E-state index is 13.4. The molecule has 1 heterocycles. The van der Waals surface area contributed by atoms with Crippen molar-refractivity contribution in [3.8, 4) is 0 Å². The lowest BCUT2D eigenvalue weighted by Crippen LogP contribution is -2.46. The van der Waals surface area contributed by atoms with E-state index in [4.69, 9.17) is 9.72 Å². The molecule has 2 aromatic carbocycles. The minimum absolute atomic E-state index is 0.173. The van der Waals surface area contributed by atoms with Crippen molar-refractivity contribution in [2.75, 3.05) is 13.2 Å². The lowest BCUT2D eigenvalue weighted by Gasteiger charge is -2.36. The van der Waals surface area contributed by atoms with Crippen LogP contribution in [-0.2, 0) is 16.6 Å². The molecule has 2 atom stereocenters. The molecule has 0 saturated heterocycles. The summed E-state index contributed by atoms with van der Waals surface area (Å²) in [6, 6.07) is 15.5. The van der Waals surface area contributed by atoms with Gasteiger partial charge in [0, 0.05) is 7.05 Å². The molecule has 0 aliphatic carbocycles. The zero-order chi connectivity index (χ0) is 24.0. The van der Waals surface area contributed by atoms with Gasteiger partial charge in [-0.2, -0.15) is 0 Å². The van der Waals surface area contributed by atoms with Gasteiger partial charge in [0.15, 0.2) is 0 Å². The maximum absolute atomic E-state index is 13.4. The number of aromatic nitrogens is 2. The largest absolute Gasteiger partial charge is 0.465 e. The fraction of sp³-hybridized carbons (Fsp3) is 0.360. The van der Waals surface area contributed by atoms with E-state index in [-0.39, 0.29) is 24.8 Å². The number of nitrogens with zero attached hydrogens (tertiary/aromatic N) is 3. The number of ether oxygens (including phenoxy) is 1. The van der Waals surface area contributed by atoms with Gasteiger partial charge in [0.05, 0.1) is 29.6 Å². The van der Waals surface area contributed by atoms with E-state index in [0.717, 1.165) is 5.56 Å². The monoisotopic (exact) mass is 450 g/mol. The van der Waals surface area contributed by atoms with Gasteiger partial charge in [0.1, 0.15) is 12.4 Å². The average Bonchev–Trinajstić information content (AvgIpc) is 2.84. The van der Waals surface area contributed by atoms with Crippen LogP contribution < -0.4 is 10.9 Å². The Balaban J connectivity index is 2.07. The highest BCUT2D eigenvalue weighted by Crippen LogP contribution is 2.32. The predicted molar refractivity (Wildman–Crippen MR) is 127 cm³/mol. The van der Waals surface area contributed by atoms with Gasteiger partial charge in [0.2, 0.25) is 0 Å². The zero-order valence-electron chi connectivity index (χ0n) is 19.4. The molecule has 3 rings (SSSR count). The van der Waals surface area contributed by atoms with Gasteiger partial charge >= 0.3 is 12.0 Å². The number of esters is 1. The van der Waals surface area contributed by atoms with E-state index in [2.05, 4.69) is 5.32 Å². The number of amides is 2. The van der Waals surface area contributed by atoms with Crippen molar-refractivity contribution in [2.45, 2.75) is 39.3 Å². The van der Waals surface area contributed by atoms with Crippen LogP contribution in [0.15, 0.2) is 59.4 Å². The summed E-state index contributed by atoms with van der Waals surface area (Å²) in [7, 11) is 1.67. The standard InChI is InChI=1S/C25H30N4O4/c1-5-21(23-27-20-15-11-10-14-19(20)24(31)28(23)4)29(17(3)18-12-8-7-9-13-18)25(32)26-16-22(30)33-6-2/h7-15,17,21H,5-6,16H2,1-4H3,(H,26,32). The molecule has 0 aliphatic rings. The van der Waals surface area contributed by atoms with Crippen molar-refractivity contribution in [1.29, 1.82) is 0 Å². The summed E-state index contributed by atoms with van der Waals surface area (Å²) in [4.78, 5) is 44.7. The summed E-state index contributed by atoms with van der Waals surface area (Å²) in [6.45, 7) is 5.56. The molecular weight excluding hydrogens is 420 g/mol. The molecule has 0 saturated carbocycles. The van der Waals surface area contributed by atoms with Crippen molar-refractivity contribution in [3.63, 3.8) is 0 Å². The van der Waals surface area contributed by atoms with Crippen LogP contribution in [0, 0.1) is 0 Å². The van der Waals surface area contributed by atoms with Gasteiger partial charge in [-0.1, -0.05) is 49.4 Å². The first-order chi connectivity index (χ1) is 15.9. The Kier molecular flexibility index (Phi) is 7.82. The Morgan fingerprint density at radius 3 is 2.42 bits per heavy atom. The normalized spacial score (nSPS) is 12.7. The summed E-state index contributed by atoms with van der Waals surface area (Å²) in [6.07, 6.45) is 0.516. The fourth-order valence-electron chi connectivity index (χ4n) is 3.97. The quantitative estimate of drug-likeness (QED) is 0.528. The molecule has 0 radical (unpaired) electrons. The molecule has 0 aliphatic heterocycles. The van der Waals surface area contributed by atoms with E-state index in [1.807, 2.05) is 50.2 Å². The van der Waals surface area contributed by atoms with Crippen molar-refractivity contribution >= 4 is 22.9 Å². The number of nitrogens with one attached hydrogen (secondary N) is 1. The molecule has 8 heteroatoms. The summed E-state index contributed by atoms with van der Waals surface area (Å²) in [5.41, 5.74) is 1.33. The SMILES string of the molecule is CCOC(=O)CNC(=O)N(C(C)c1ccccc1)C(CC)c1nc2ccccc2c(=O)n1C. The van der Waals surface area contributed by atoms with Gasteiger partial charge in [0.25, 0.3) is 5.56 Å². The number of para-hydroxylation sites is 1. The molecule has 174 valence electrons. The second-order valence-electron chi connectivity index (χ2n) is 7.73. The van der Waals surface area contributed by atoms with Crippen LogP contribution in [0.4, 0.5) is 4.79 Å². The number of urea groups is 1. The molecule has 1 aromatic heterocycles. The molecular formula is C25H30N4O4. The van der Waals surface area contributed by atoms with Crippen LogP contribution in [-0.4, -0.2) is 39.6 Å². The Morgan fingerprint density at radius 1 is 1.09 bits per heavy atom. The highest BCUT2D eigenvalue weighted by Gasteiger charge is 2.32. The Bertz CT molecular complexity index is 1180.